The smallest absolute Gasteiger partial charge is 0.313 e. The van der Waals surface area contributed by atoms with Crippen molar-refractivity contribution < 1.29 is 18.7 Å². The molecular weight excluding hydrogens is 448 g/mol. The summed E-state index contributed by atoms with van der Waals surface area (Å²) in [6.07, 6.45) is 3.36. The molecule has 1 saturated carbocycles. The SMILES string of the molecule is CCOC(=O)CC(=O)c1cn(C2CC2)c2c(Cl)c(N3CCC(N)C3)c(F)cc2c1=O.Cl. The van der Waals surface area contributed by atoms with E-state index in [0.29, 0.717) is 18.6 Å². The zero-order chi connectivity index (χ0) is 21.6. The Hall–Kier alpha value is -2.16. The fraction of sp³-hybridized carbons (Fsp3) is 0.476. The molecule has 2 N–H and O–H groups in total. The van der Waals surface area contributed by atoms with Crippen LogP contribution in [0, 0.1) is 5.82 Å². The van der Waals surface area contributed by atoms with Crippen molar-refractivity contribution in [2.75, 3.05) is 24.6 Å². The molecule has 1 unspecified atom stereocenters. The first-order valence-electron chi connectivity index (χ1n) is 10.1. The van der Waals surface area contributed by atoms with Gasteiger partial charge in [-0.2, -0.15) is 0 Å². The van der Waals surface area contributed by atoms with Crippen LogP contribution in [0.25, 0.3) is 10.9 Å². The van der Waals surface area contributed by atoms with Crippen LogP contribution in [0.3, 0.4) is 0 Å². The molecule has 7 nitrogen and oxygen atoms in total. The number of aromatic nitrogens is 1. The number of Topliss-reactive ketones (excluding diaryl/α,β-unsaturated/α-hetero) is 1. The number of hydrogen-bond donors (Lipinski definition) is 1. The summed E-state index contributed by atoms with van der Waals surface area (Å²) in [4.78, 5) is 39.2. The second-order valence-corrected chi connectivity index (χ2v) is 8.21. The van der Waals surface area contributed by atoms with Gasteiger partial charge in [0.1, 0.15) is 12.2 Å². The van der Waals surface area contributed by atoms with Crippen LogP contribution in [-0.2, 0) is 9.53 Å². The van der Waals surface area contributed by atoms with Crippen LogP contribution in [0.15, 0.2) is 17.1 Å². The maximum atomic E-state index is 15.1. The van der Waals surface area contributed by atoms with E-state index in [1.54, 1.807) is 16.4 Å². The molecule has 1 aliphatic carbocycles. The summed E-state index contributed by atoms with van der Waals surface area (Å²) in [5.41, 5.74) is 5.81. The minimum atomic E-state index is -0.704. The Morgan fingerprint density at radius 2 is 2.03 bits per heavy atom. The highest BCUT2D eigenvalue weighted by atomic mass is 35.5. The van der Waals surface area contributed by atoms with Gasteiger partial charge in [0.2, 0.25) is 0 Å². The number of anilines is 1. The van der Waals surface area contributed by atoms with Gasteiger partial charge in [0.25, 0.3) is 0 Å². The lowest BCUT2D eigenvalue weighted by atomic mass is 10.0. The zero-order valence-electron chi connectivity index (χ0n) is 17.0. The van der Waals surface area contributed by atoms with E-state index < -0.39 is 29.4 Å². The van der Waals surface area contributed by atoms with Crippen molar-refractivity contribution in [3.63, 3.8) is 0 Å². The first kappa shape index (κ1) is 23.5. The van der Waals surface area contributed by atoms with Crippen molar-refractivity contribution in [3.05, 3.63) is 38.9 Å². The molecule has 10 heteroatoms. The monoisotopic (exact) mass is 471 g/mol. The Kier molecular flexibility index (Phi) is 6.93. The van der Waals surface area contributed by atoms with Gasteiger partial charge >= 0.3 is 5.97 Å². The highest BCUT2D eigenvalue weighted by Gasteiger charge is 2.32. The zero-order valence-corrected chi connectivity index (χ0v) is 18.6. The summed E-state index contributed by atoms with van der Waals surface area (Å²) >= 11 is 6.64. The van der Waals surface area contributed by atoms with Crippen molar-refractivity contribution in [2.45, 2.75) is 44.7 Å². The number of halogens is 3. The number of esters is 1. The summed E-state index contributed by atoms with van der Waals surface area (Å²) in [6, 6.07) is 1.14. The number of pyridine rings is 1. The number of fused-ring (bicyclic) bond motifs is 1. The van der Waals surface area contributed by atoms with Crippen LogP contribution >= 0.6 is 24.0 Å². The quantitative estimate of drug-likeness (QED) is 0.394. The lowest BCUT2D eigenvalue weighted by Crippen LogP contribution is -2.28. The first-order valence-corrected chi connectivity index (χ1v) is 10.5. The number of rotatable bonds is 6. The van der Waals surface area contributed by atoms with Crippen LogP contribution in [0.5, 0.6) is 0 Å². The number of hydrogen-bond acceptors (Lipinski definition) is 6. The summed E-state index contributed by atoms with van der Waals surface area (Å²) < 4.78 is 21.6. The summed E-state index contributed by atoms with van der Waals surface area (Å²) in [6.45, 7) is 2.83. The largest absolute Gasteiger partial charge is 0.466 e. The van der Waals surface area contributed by atoms with Gasteiger partial charge < -0.3 is 19.9 Å². The van der Waals surface area contributed by atoms with Crippen molar-refractivity contribution in [1.82, 2.24) is 4.57 Å². The van der Waals surface area contributed by atoms with Gasteiger partial charge in [0.05, 0.1) is 33.8 Å². The number of nitrogens with zero attached hydrogens (tertiary/aromatic N) is 2. The molecular formula is C21H24Cl2FN3O4. The molecule has 1 aliphatic heterocycles. The Labute approximate surface area is 189 Å². The highest BCUT2D eigenvalue weighted by molar-refractivity contribution is 6.38. The molecule has 0 amide bonds. The number of carbonyl (C=O) groups excluding carboxylic acids is 2. The molecule has 1 aromatic heterocycles. The Bertz CT molecular complexity index is 1100. The number of ether oxygens (including phenoxy) is 1. The van der Waals surface area contributed by atoms with Gasteiger partial charge in [-0.25, -0.2) is 4.39 Å². The average Bonchev–Trinajstić information content (AvgIpc) is 3.44. The van der Waals surface area contributed by atoms with E-state index in [4.69, 9.17) is 22.1 Å². The van der Waals surface area contributed by atoms with Crippen molar-refractivity contribution >= 4 is 52.4 Å². The molecule has 168 valence electrons. The lowest BCUT2D eigenvalue weighted by Gasteiger charge is -2.23. The molecule has 0 radical (unpaired) electrons. The van der Waals surface area contributed by atoms with Crippen LogP contribution < -0.4 is 16.1 Å². The van der Waals surface area contributed by atoms with Gasteiger partial charge in [-0.3, -0.25) is 14.4 Å². The predicted octanol–water partition coefficient (Wildman–Crippen LogP) is 3.22. The minimum Gasteiger partial charge on any atom is -0.466 e. The summed E-state index contributed by atoms with van der Waals surface area (Å²) in [7, 11) is 0. The van der Waals surface area contributed by atoms with Gasteiger partial charge in [-0.1, -0.05) is 11.6 Å². The molecule has 2 heterocycles. The topological polar surface area (TPSA) is 94.6 Å². The maximum Gasteiger partial charge on any atom is 0.313 e. The van der Waals surface area contributed by atoms with Gasteiger partial charge in [-0.15, -0.1) is 12.4 Å². The first-order chi connectivity index (χ1) is 14.3. The predicted molar refractivity (Wildman–Crippen MR) is 119 cm³/mol. The lowest BCUT2D eigenvalue weighted by molar-refractivity contribution is -0.141. The normalized spacial score (nSPS) is 18.2. The molecule has 1 aromatic carbocycles. The molecule has 1 saturated heterocycles. The van der Waals surface area contributed by atoms with E-state index >= 15 is 4.39 Å². The van der Waals surface area contributed by atoms with Crippen LogP contribution in [0.2, 0.25) is 5.02 Å². The second kappa shape index (κ2) is 9.14. The number of ketones is 1. The van der Waals surface area contributed by atoms with Crippen LogP contribution in [-0.4, -0.2) is 42.1 Å². The maximum absolute atomic E-state index is 15.1. The van der Waals surface area contributed by atoms with E-state index in [2.05, 4.69) is 0 Å². The van der Waals surface area contributed by atoms with Gasteiger partial charge in [0, 0.05) is 31.4 Å². The molecule has 2 fully saturated rings. The van der Waals surface area contributed by atoms with Crippen molar-refractivity contribution in [1.29, 1.82) is 0 Å². The Morgan fingerprint density at radius 3 is 2.61 bits per heavy atom. The molecule has 0 bridgehead atoms. The van der Waals surface area contributed by atoms with Crippen LogP contribution in [0.1, 0.15) is 49.0 Å². The summed E-state index contributed by atoms with van der Waals surface area (Å²) in [5, 5.41) is 0.179. The molecule has 1 atom stereocenters. The highest BCUT2D eigenvalue weighted by Crippen LogP contribution is 2.42. The van der Waals surface area contributed by atoms with E-state index in [1.807, 2.05) is 0 Å². The summed E-state index contributed by atoms with van der Waals surface area (Å²) in [5.74, 6) is -1.98. The van der Waals surface area contributed by atoms with Crippen LogP contribution in [0.4, 0.5) is 10.1 Å². The molecule has 2 aliphatic rings. The third-order valence-corrected chi connectivity index (χ3v) is 5.93. The molecule has 4 rings (SSSR count). The number of benzene rings is 1. The standard InChI is InChI=1S/C21H23ClFN3O4.ClH/c1-2-30-17(28)8-16(27)14-10-26(12-3-4-12)19-13(21(14)29)7-15(23)20(18(19)22)25-6-5-11(24)9-25;/h7,10-12H,2-6,8-9,24H2,1H3;1H. The van der Waals surface area contributed by atoms with E-state index in [1.165, 1.54) is 6.20 Å². The fourth-order valence-corrected chi connectivity index (χ4v) is 4.40. The van der Waals surface area contributed by atoms with Crippen molar-refractivity contribution in [3.8, 4) is 0 Å². The third kappa shape index (κ3) is 4.42. The van der Waals surface area contributed by atoms with E-state index in [-0.39, 0.29) is 52.8 Å². The van der Waals surface area contributed by atoms with E-state index in [9.17, 15) is 14.4 Å². The van der Waals surface area contributed by atoms with Gasteiger partial charge in [0.15, 0.2) is 11.2 Å². The van der Waals surface area contributed by atoms with Gasteiger partial charge in [-0.05, 0) is 32.3 Å². The molecule has 31 heavy (non-hydrogen) atoms. The second-order valence-electron chi connectivity index (χ2n) is 7.83. The molecule has 0 spiro atoms. The fourth-order valence-electron chi connectivity index (χ4n) is 3.99. The Balaban J connectivity index is 0.00000272. The van der Waals surface area contributed by atoms with Crippen molar-refractivity contribution in [2.24, 2.45) is 5.73 Å². The average molecular weight is 472 g/mol. The molecule has 2 aromatic rings. The minimum absolute atomic E-state index is 0. The number of nitrogens with two attached hydrogens (primary N) is 1. The number of carbonyl (C=O) groups is 2. The third-order valence-electron chi connectivity index (χ3n) is 5.58. The van der Waals surface area contributed by atoms with E-state index in [0.717, 1.165) is 25.3 Å². The Morgan fingerprint density at radius 1 is 1.32 bits per heavy atom.